The lowest BCUT2D eigenvalue weighted by atomic mass is 9.85. The maximum Gasteiger partial charge on any atom is 0.259 e. The zero-order valence-corrected chi connectivity index (χ0v) is 31.3. The van der Waals surface area contributed by atoms with E-state index in [0.29, 0.717) is 18.7 Å². The van der Waals surface area contributed by atoms with Crippen molar-refractivity contribution in [2.24, 2.45) is 11.3 Å². The van der Waals surface area contributed by atoms with Crippen molar-refractivity contribution in [2.45, 2.75) is 81.3 Å². The van der Waals surface area contributed by atoms with Gasteiger partial charge in [-0.3, -0.25) is 23.9 Å². The summed E-state index contributed by atoms with van der Waals surface area (Å²) >= 11 is 0. The third-order valence-electron chi connectivity index (χ3n) is 10.5. The molecule has 1 aliphatic heterocycles. The number of likely N-dealkylation sites (tertiary alicyclic amines) is 1. The topological polar surface area (TPSA) is 173 Å². The van der Waals surface area contributed by atoms with E-state index in [1.165, 1.54) is 18.1 Å². The molecule has 4 amide bonds. The van der Waals surface area contributed by atoms with Gasteiger partial charge in [0.25, 0.3) is 5.91 Å². The number of amides is 4. The first-order valence-electron chi connectivity index (χ1n) is 17.8. The quantitative estimate of drug-likeness (QED) is 0.210. The number of aromatic nitrogens is 1. The number of nitrogens with one attached hydrogen (secondary N) is 3. The number of nitrogens with zero attached hydrogens (tertiary/aromatic N) is 2. The van der Waals surface area contributed by atoms with E-state index in [4.69, 9.17) is 9.47 Å². The van der Waals surface area contributed by atoms with Gasteiger partial charge in [-0.05, 0) is 54.2 Å². The fraction of sp³-hybridized carbons (Fsp3) is 0.462. The Morgan fingerprint density at radius 3 is 2.40 bits per heavy atom. The average Bonchev–Trinajstić information content (AvgIpc) is 4.02. The summed E-state index contributed by atoms with van der Waals surface area (Å²) in [5, 5.41) is 7.24. The van der Waals surface area contributed by atoms with Crippen LogP contribution in [-0.4, -0.2) is 90.7 Å². The summed E-state index contributed by atoms with van der Waals surface area (Å²) in [7, 11) is -2.76. The van der Waals surface area contributed by atoms with Gasteiger partial charge in [-0.2, -0.15) is 0 Å². The van der Waals surface area contributed by atoms with E-state index >= 15 is 0 Å². The van der Waals surface area contributed by atoms with Gasteiger partial charge in [-0.1, -0.05) is 75.4 Å². The SMILES string of the molecule is C=C[C@@H]1C[C@]1(NC(=O)[C@@H]1C[C@@H](Oc2nccc3ccccc23)CN1C(=O)[C@@H](NC(=O)COC)C(C)(C)C)C(=O)NS(=O)(=O)C1(Cc2ccccc2)CC1. The van der Waals surface area contributed by atoms with Crippen LogP contribution in [0.2, 0.25) is 0 Å². The number of hydrogen-bond donors (Lipinski definition) is 3. The number of fused-ring (bicyclic) bond motifs is 1. The first-order valence-corrected chi connectivity index (χ1v) is 19.3. The molecule has 3 aliphatic rings. The van der Waals surface area contributed by atoms with Crippen molar-refractivity contribution >= 4 is 44.4 Å². The minimum absolute atomic E-state index is 0.0188. The molecule has 0 unspecified atom stereocenters. The highest BCUT2D eigenvalue weighted by Gasteiger charge is 2.63. The zero-order valence-electron chi connectivity index (χ0n) is 30.5. The maximum atomic E-state index is 14.4. The molecule has 1 aromatic heterocycles. The number of benzene rings is 2. The van der Waals surface area contributed by atoms with Crippen molar-refractivity contribution in [1.29, 1.82) is 0 Å². The molecule has 3 fully saturated rings. The monoisotopic (exact) mass is 745 g/mol. The Bertz CT molecular complexity index is 2010. The summed E-state index contributed by atoms with van der Waals surface area (Å²) in [4.78, 5) is 61.1. The molecule has 13 nitrogen and oxygen atoms in total. The minimum Gasteiger partial charge on any atom is -0.472 e. The lowest BCUT2D eigenvalue weighted by Gasteiger charge is -2.35. The number of methoxy groups -OCH3 is 1. The van der Waals surface area contributed by atoms with Crippen LogP contribution in [0.4, 0.5) is 0 Å². The molecule has 0 radical (unpaired) electrons. The van der Waals surface area contributed by atoms with Crippen molar-refractivity contribution < 1.29 is 37.1 Å². The van der Waals surface area contributed by atoms with Gasteiger partial charge in [0, 0.05) is 31.0 Å². The number of carbonyl (C=O) groups is 4. The Morgan fingerprint density at radius 2 is 1.75 bits per heavy atom. The van der Waals surface area contributed by atoms with Crippen LogP contribution < -0.4 is 20.1 Å². The van der Waals surface area contributed by atoms with Crippen LogP contribution >= 0.6 is 0 Å². The smallest absolute Gasteiger partial charge is 0.259 e. The largest absolute Gasteiger partial charge is 0.472 e. The zero-order chi connectivity index (χ0) is 38.2. The fourth-order valence-corrected chi connectivity index (χ4v) is 8.81. The van der Waals surface area contributed by atoms with E-state index in [-0.39, 0.29) is 32.4 Å². The van der Waals surface area contributed by atoms with Crippen LogP contribution in [0.3, 0.4) is 0 Å². The summed E-state index contributed by atoms with van der Waals surface area (Å²) in [5.41, 5.74) is -1.51. The highest BCUT2D eigenvalue weighted by atomic mass is 32.2. The highest BCUT2D eigenvalue weighted by Crippen LogP contribution is 2.48. The van der Waals surface area contributed by atoms with Gasteiger partial charge in [0.2, 0.25) is 33.6 Å². The first kappa shape index (κ1) is 37.9. The molecule has 2 aliphatic carbocycles. The molecule has 0 bridgehead atoms. The van der Waals surface area contributed by atoms with Crippen molar-refractivity contribution in [1.82, 2.24) is 25.2 Å². The molecule has 282 valence electrons. The van der Waals surface area contributed by atoms with E-state index in [1.54, 1.807) is 27.0 Å². The predicted octanol–water partition coefficient (Wildman–Crippen LogP) is 3.04. The van der Waals surface area contributed by atoms with Crippen molar-refractivity contribution in [3.05, 3.63) is 85.1 Å². The fourth-order valence-electron chi connectivity index (χ4n) is 7.17. The minimum atomic E-state index is -4.13. The van der Waals surface area contributed by atoms with Gasteiger partial charge >= 0.3 is 0 Å². The van der Waals surface area contributed by atoms with Gasteiger partial charge in [0.05, 0.1) is 11.3 Å². The van der Waals surface area contributed by atoms with Crippen LogP contribution in [0.25, 0.3) is 10.8 Å². The Hall–Kier alpha value is -4.82. The second-order valence-electron chi connectivity index (χ2n) is 15.4. The Morgan fingerprint density at radius 1 is 1.06 bits per heavy atom. The number of rotatable bonds is 14. The Balaban J connectivity index is 1.26. The molecule has 2 aromatic carbocycles. The summed E-state index contributed by atoms with van der Waals surface area (Å²) < 4.78 is 39.9. The predicted molar refractivity (Wildman–Crippen MR) is 198 cm³/mol. The van der Waals surface area contributed by atoms with Gasteiger partial charge in [0.1, 0.15) is 30.3 Å². The number of ether oxygens (including phenoxy) is 2. The molecule has 5 atom stereocenters. The van der Waals surface area contributed by atoms with E-state index in [1.807, 2.05) is 60.7 Å². The summed E-state index contributed by atoms with van der Waals surface area (Å²) in [6.07, 6.45) is 3.67. The van der Waals surface area contributed by atoms with Gasteiger partial charge in [-0.15, -0.1) is 6.58 Å². The number of carbonyl (C=O) groups excluding carboxylic acids is 4. The molecule has 2 saturated carbocycles. The van der Waals surface area contributed by atoms with E-state index in [9.17, 15) is 27.6 Å². The van der Waals surface area contributed by atoms with Crippen molar-refractivity contribution in [3.8, 4) is 5.88 Å². The molecule has 14 heteroatoms. The number of sulfonamides is 1. The summed E-state index contributed by atoms with van der Waals surface area (Å²) in [6, 6.07) is 16.4. The number of pyridine rings is 1. The van der Waals surface area contributed by atoms with Gasteiger partial charge in [0.15, 0.2) is 0 Å². The molecule has 1 saturated heterocycles. The molecule has 6 rings (SSSR count). The lowest BCUT2D eigenvalue weighted by Crippen LogP contribution is -2.60. The molecule has 2 heterocycles. The van der Waals surface area contributed by atoms with E-state index in [0.717, 1.165) is 16.3 Å². The molecular formula is C39H47N5O8S. The van der Waals surface area contributed by atoms with Crippen LogP contribution in [0.1, 0.15) is 52.0 Å². The lowest BCUT2D eigenvalue weighted by molar-refractivity contribution is -0.145. The third kappa shape index (κ3) is 7.79. The average molecular weight is 746 g/mol. The van der Waals surface area contributed by atoms with Crippen molar-refractivity contribution in [3.63, 3.8) is 0 Å². The van der Waals surface area contributed by atoms with Gasteiger partial charge in [-0.25, -0.2) is 13.4 Å². The number of hydrogen-bond acceptors (Lipinski definition) is 9. The van der Waals surface area contributed by atoms with E-state index < -0.39 is 73.5 Å². The van der Waals surface area contributed by atoms with Crippen LogP contribution in [0, 0.1) is 11.3 Å². The normalized spacial score (nSPS) is 23.8. The van der Waals surface area contributed by atoms with E-state index in [2.05, 4.69) is 26.9 Å². The van der Waals surface area contributed by atoms with Gasteiger partial charge < -0.3 is 25.0 Å². The Labute approximate surface area is 309 Å². The van der Waals surface area contributed by atoms with Crippen molar-refractivity contribution in [2.75, 3.05) is 20.3 Å². The Kier molecular flexibility index (Phi) is 10.4. The molecule has 3 N–H and O–H groups in total. The molecule has 0 spiro atoms. The third-order valence-corrected chi connectivity index (χ3v) is 12.6. The second-order valence-corrected chi connectivity index (χ2v) is 17.5. The molecular weight excluding hydrogens is 699 g/mol. The molecule has 53 heavy (non-hydrogen) atoms. The first-order chi connectivity index (χ1) is 25.1. The van der Waals surface area contributed by atoms with Crippen LogP contribution in [0.5, 0.6) is 5.88 Å². The summed E-state index contributed by atoms with van der Waals surface area (Å²) in [6.45, 7) is 8.92. The summed E-state index contributed by atoms with van der Waals surface area (Å²) in [5.74, 6) is -2.74. The van der Waals surface area contributed by atoms with Crippen LogP contribution in [-0.2, 0) is 40.4 Å². The second kappa shape index (κ2) is 14.5. The standard InChI is InChI=1S/C39H47N5O8S/c1-6-27-22-39(27,36(48)43-53(49,50)38(17-18-38)21-25-12-8-7-9-13-25)42-33(46)30-20-28(52-34-29-15-11-10-14-26(29)16-19-40-34)23-44(30)35(47)32(37(2,3)4)41-31(45)24-51-5/h6-16,19,27-28,30,32H,1,17-18,20-24H2,2-5H3,(H,41,45)(H,42,46)(H,43,48)/t27-,28-,30+,32-,39-/m1/s1. The molecule has 3 aromatic rings. The maximum absolute atomic E-state index is 14.4. The van der Waals surface area contributed by atoms with Crippen LogP contribution in [0.15, 0.2) is 79.5 Å². The highest BCUT2D eigenvalue weighted by molar-refractivity contribution is 7.91.